The minimum Gasteiger partial charge on any atom is -0.266 e. The van der Waals surface area contributed by atoms with Crippen LogP contribution in [0.3, 0.4) is 0 Å². The first-order valence-electron chi connectivity index (χ1n) is 6.84. The molecule has 0 spiro atoms. The first-order chi connectivity index (χ1) is 10.1. The number of carbonyl (C=O) groups is 1. The smallest absolute Gasteiger partial charge is 0.266 e. The van der Waals surface area contributed by atoms with E-state index in [1.807, 2.05) is 19.1 Å². The van der Waals surface area contributed by atoms with Crippen molar-refractivity contribution in [3.8, 4) is 0 Å². The van der Waals surface area contributed by atoms with Gasteiger partial charge in [0.2, 0.25) is 0 Å². The maximum atomic E-state index is 12.1. The van der Waals surface area contributed by atoms with Crippen LogP contribution >= 0.6 is 38.6 Å². The van der Waals surface area contributed by atoms with E-state index in [9.17, 15) is 4.79 Å². The quantitative estimate of drug-likeness (QED) is 0.614. The highest BCUT2D eigenvalue weighted by Crippen LogP contribution is 2.29. The molecule has 2 heterocycles. The first kappa shape index (κ1) is 14.9. The van der Waals surface area contributed by atoms with Gasteiger partial charge < -0.3 is 0 Å². The normalized spacial score (nSPS) is 14.4. The van der Waals surface area contributed by atoms with Crippen molar-refractivity contribution in [1.82, 2.24) is 5.43 Å². The Labute approximate surface area is 140 Å². The SMILES string of the molecule is Cc1sc(/C=N/NC(=O)c2cc3c(s2)CCCC3)cc1Br. The van der Waals surface area contributed by atoms with Gasteiger partial charge in [-0.3, -0.25) is 4.79 Å². The van der Waals surface area contributed by atoms with Gasteiger partial charge in [0.1, 0.15) is 0 Å². The van der Waals surface area contributed by atoms with Gasteiger partial charge >= 0.3 is 0 Å². The zero-order chi connectivity index (χ0) is 14.8. The fourth-order valence-electron chi connectivity index (χ4n) is 2.36. The van der Waals surface area contributed by atoms with Crippen LogP contribution in [0, 0.1) is 6.92 Å². The molecular weight excluding hydrogens is 368 g/mol. The molecule has 0 unspecified atom stereocenters. The first-order valence-corrected chi connectivity index (χ1v) is 9.27. The molecule has 1 amide bonds. The van der Waals surface area contributed by atoms with Gasteiger partial charge in [-0.05, 0) is 66.2 Å². The molecule has 2 aromatic rings. The standard InChI is InChI=1S/C15H15BrN2OS2/c1-9-12(16)7-11(20-9)8-17-18-15(19)14-6-10-4-2-3-5-13(10)21-14/h6-8H,2-5H2,1H3,(H,18,19)/b17-8+. The third-order valence-corrected chi connectivity index (χ3v) is 6.76. The lowest BCUT2D eigenvalue weighted by Crippen LogP contribution is -2.16. The summed E-state index contributed by atoms with van der Waals surface area (Å²) in [6, 6.07) is 4.02. The van der Waals surface area contributed by atoms with Gasteiger partial charge in [-0.25, -0.2) is 5.43 Å². The summed E-state index contributed by atoms with van der Waals surface area (Å²) in [4.78, 5) is 16.5. The van der Waals surface area contributed by atoms with Crippen LogP contribution in [-0.4, -0.2) is 12.1 Å². The van der Waals surface area contributed by atoms with Crippen molar-refractivity contribution in [2.45, 2.75) is 32.6 Å². The van der Waals surface area contributed by atoms with E-state index in [0.29, 0.717) is 0 Å². The molecule has 3 nitrogen and oxygen atoms in total. The summed E-state index contributed by atoms with van der Waals surface area (Å²) in [6.45, 7) is 2.04. The number of hydrazone groups is 1. The lowest BCUT2D eigenvalue weighted by atomic mass is 9.99. The van der Waals surface area contributed by atoms with Crippen LogP contribution in [0.2, 0.25) is 0 Å². The Hall–Kier alpha value is -0.980. The number of aryl methyl sites for hydroxylation is 3. The van der Waals surface area contributed by atoms with Crippen LogP contribution in [0.4, 0.5) is 0 Å². The average molecular weight is 383 g/mol. The number of amides is 1. The fraction of sp³-hybridized carbons (Fsp3) is 0.333. The highest BCUT2D eigenvalue weighted by molar-refractivity contribution is 9.10. The fourth-order valence-corrected chi connectivity index (χ4v) is 4.93. The van der Waals surface area contributed by atoms with Gasteiger partial charge in [-0.15, -0.1) is 22.7 Å². The summed E-state index contributed by atoms with van der Waals surface area (Å²) in [5.74, 6) is -0.113. The Morgan fingerprint density at radius 2 is 2.14 bits per heavy atom. The number of nitrogens with zero attached hydrogens (tertiary/aromatic N) is 1. The molecule has 0 saturated carbocycles. The molecule has 2 aromatic heterocycles. The van der Waals surface area contributed by atoms with E-state index in [1.54, 1.807) is 28.9 Å². The van der Waals surface area contributed by atoms with Gasteiger partial charge in [0.25, 0.3) is 5.91 Å². The van der Waals surface area contributed by atoms with Crippen molar-refractivity contribution in [1.29, 1.82) is 0 Å². The lowest BCUT2D eigenvalue weighted by molar-refractivity contribution is 0.0959. The summed E-state index contributed by atoms with van der Waals surface area (Å²) < 4.78 is 1.08. The molecule has 1 aliphatic carbocycles. The van der Waals surface area contributed by atoms with E-state index < -0.39 is 0 Å². The molecule has 0 aromatic carbocycles. The topological polar surface area (TPSA) is 41.5 Å². The Morgan fingerprint density at radius 1 is 1.33 bits per heavy atom. The molecule has 0 aliphatic heterocycles. The number of rotatable bonds is 3. The summed E-state index contributed by atoms with van der Waals surface area (Å²) in [5.41, 5.74) is 3.96. The summed E-state index contributed by atoms with van der Waals surface area (Å²) in [5, 5.41) is 4.05. The third kappa shape index (κ3) is 3.44. The number of thiophene rings is 2. The van der Waals surface area contributed by atoms with Crippen molar-refractivity contribution < 1.29 is 4.79 Å². The molecule has 6 heteroatoms. The van der Waals surface area contributed by atoms with Gasteiger partial charge in [0, 0.05) is 19.1 Å². The van der Waals surface area contributed by atoms with Crippen LogP contribution in [0.5, 0.6) is 0 Å². The minimum absolute atomic E-state index is 0.113. The van der Waals surface area contributed by atoms with Crippen molar-refractivity contribution >= 4 is 50.7 Å². The highest BCUT2D eigenvalue weighted by atomic mass is 79.9. The Bertz CT molecular complexity index is 660. The van der Waals surface area contributed by atoms with Gasteiger partial charge in [-0.1, -0.05) is 0 Å². The molecule has 0 bridgehead atoms. The van der Waals surface area contributed by atoms with E-state index in [-0.39, 0.29) is 5.91 Å². The second-order valence-electron chi connectivity index (χ2n) is 5.02. The molecule has 1 N–H and O–H groups in total. The van der Waals surface area contributed by atoms with Crippen molar-refractivity contribution in [2.24, 2.45) is 5.10 Å². The Morgan fingerprint density at radius 3 is 2.86 bits per heavy atom. The molecule has 110 valence electrons. The number of carbonyl (C=O) groups excluding carboxylic acids is 1. The molecule has 0 fully saturated rings. The van der Waals surface area contributed by atoms with Gasteiger partial charge in [0.05, 0.1) is 11.1 Å². The van der Waals surface area contributed by atoms with E-state index in [0.717, 1.165) is 27.1 Å². The van der Waals surface area contributed by atoms with Crippen molar-refractivity contribution in [3.05, 3.63) is 41.7 Å². The van der Waals surface area contributed by atoms with Gasteiger partial charge in [0.15, 0.2) is 0 Å². The second kappa shape index (κ2) is 6.42. The zero-order valence-electron chi connectivity index (χ0n) is 11.6. The van der Waals surface area contributed by atoms with E-state index >= 15 is 0 Å². The predicted molar refractivity (Wildman–Crippen MR) is 92.8 cm³/mol. The molecule has 1 aliphatic rings. The number of hydrogen-bond donors (Lipinski definition) is 1. The maximum Gasteiger partial charge on any atom is 0.281 e. The minimum atomic E-state index is -0.113. The Balaban J connectivity index is 1.65. The van der Waals surface area contributed by atoms with Crippen LogP contribution in [-0.2, 0) is 12.8 Å². The number of nitrogens with one attached hydrogen (secondary N) is 1. The van der Waals surface area contributed by atoms with Crippen LogP contribution in [0.1, 0.15) is 42.7 Å². The monoisotopic (exact) mass is 382 g/mol. The highest BCUT2D eigenvalue weighted by Gasteiger charge is 2.16. The molecule has 0 radical (unpaired) electrons. The predicted octanol–water partition coefficient (Wildman–Crippen LogP) is 4.52. The number of hydrogen-bond acceptors (Lipinski definition) is 4. The number of fused-ring (bicyclic) bond motifs is 1. The third-order valence-electron chi connectivity index (χ3n) is 3.45. The number of halogens is 1. The van der Waals surface area contributed by atoms with Crippen LogP contribution in [0.15, 0.2) is 21.7 Å². The molecule has 0 saturated heterocycles. The molecule has 21 heavy (non-hydrogen) atoms. The lowest BCUT2D eigenvalue weighted by Gasteiger charge is -2.08. The summed E-state index contributed by atoms with van der Waals surface area (Å²) >= 11 is 6.71. The average Bonchev–Trinajstić information content (AvgIpc) is 3.03. The second-order valence-corrected chi connectivity index (χ2v) is 8.30. The molecule has 0 atom stereocenters. The summed E-state index contributed by atoms with van der Waals surface area (Å²) in [7, 11) is 0. The summed E-state index contributed by atoms with van der Waals surface area (Å²) in [6.07, 6.45) is 6.37. The zero-order valence-corrected chi connectivity index (χ0v) is 14.8. The van der Waals surface area contributed by atoms with E-state index in [2.05, 4.69) is 26.5 Å². The molecular formula is C15H15BrN2OS2. The maximum absolute atomic E-state index is 12.1. The van der Waals surface area contributed by atoms with E-state index in [1.165, 1.54) is 28.2 Å². The van der Waals surface area contributed by atoms with E-state index in [4.69, 9.17) is 0 Å². The van der Waals surface area contributed by atoms with Crippen molar-refractivity contribution in [3.63, 3.8) is 0 Å². The largest absolute Gasteiger partial charge is 0.281 e. The Kier molecular flexibility index (Phi) is 4.57. The van der Waals surface area contributed by atoms with Crippen LogP contribution < -0.4 is 5.43 Å². The van der Waals surface area contributed by atoms with Gasteiger partial charge in [-0.2, -0.15) is 5.10 Å². The molecule has 3 rings (SSSR count). The van der Waals surface area contributed by atoms with Crippen molar-refractivity contribution in [2.75, 3.05) is 0 Å². The van der Waals surface area contributed by atoms with Crippen LogP contribution in [0.25, 0.3) is 0 Å².